The van der Waals surface area contributed by atoms with Gasteiger partial charge in [0.15, 0.2) is 0 Å². The van der Waals surface area contributed by atoms with Crippen molar-refractivity contribution in [2.45, 2.75) is 6.42 Å². The molecular formula is C5H7O4. The monoisotopic (exact) mass is 131 g/mol. The molecule has 0 aliphatic rings. The Bertz CT molecular complexity index is 104. The van der Waals surface area contributed by atoms with Crippen LogP contribution in [0, 0.1) is 6.92 Å². The van der Waals surface area contributed by atoms with Crippen LogP contribution in [0.3, 0.4) is 0 Å². The minimum atomic E-state index is -0.990. The average molecular weight is 131 g/mol. The third-order valence-corrected chi connectivity index (χ3v) is 0.579. The van der Waals surface area contributed by atoms with E-state index in [2.05, 4.69) is 11.7 Å². The molecule has 0 fully saturated rings. The number of carbonyl (C=O) groups is 2. The summed E-state index contributed by atoms with van der Waals surface area (Å²) < 4.78 is 4.22. The lowest BCUT2D eigenvalue weighted by Crippen LogP contribution is -2.05. The molecule has 0 amide bonds. The molecule has 0 aliphatic heterocycles. The van der Waals surface area contributed by atoms with Crippen LogP contribution in [-0.2, 0) is 14.3 Å². The molecule has 0 saturated carbocycles. The first-order valence-corrected chi connectivity index (χ1v) is 2.33. The standard InChI is InChI=1S/C5H7O4/c1-4(6)9-3-2-5(7)8/h1-3H2,(H,7,8). The van der Waals surface area contributed by atoms with E-state index in [0.29, 0.717) is 0 Å². The maximum atomic E-state index is 9.90. The average Bonchev–Trinajstić information content (AvgIpc) is 1.63. The molecule has 4 heteroatoms. The van der Waals surface area contributed by atoms with Crippen LogP contribution in [-0.4, -0.2) is 23.7 Å². The number of ether oxygens (including phenoxy) is 1. The lowest BCUT2D eigenvalue weighted by atomic mass is 10.5. The molecular weight excluding hydrogens is 124 g/mol. The maximum absolute atomic E-state index is 9.90. The fraction of sp³-hybridized carbons (Fsp3) is 0.400. The lowest BCUT2D eigenvalue weighted by Gasteiger charge is -1.95. The molecule has 9 heavy (non-hydrogen) atoms. The molecule has 0 atom stereocenters. The minimum Gasteiger partial charge on any atom is -0.481 e. The molecule has 0 aromatic rings. The lowest BCUT2D eigenvalue weighted by molar-refractivity contribution is -0.142. The van der Waals surface area contributed by atoms with Gasteiger partial charge in [0.2, 0.25) is 0 Å². The van der Waals surface area contributed by atoms with Gasteiger partial charge in [-0.15, -0.1) is 0 Å². The Labute approximate surface area is 52.4 Å². The minimum absolute atomic E-state index is 0.0995. The number of esters is 1. The second-order valence-corrected chi connectivity index (χ2v) is 1.36. The van der Waals surface area contributed by atoms with Gasteiger partial charge in [-0.1, -0.05) is 0 Å². The predicted molar refractivity (Wildman–Crippen MR) is 28.6 cm³/mol. The molecule has 0 rings (SSSR count). The largest absolute Gasteiger partial charge is 0.481 e. The van der Waals surface area contributed by atoms with Crippen molar-refractivity contribution in [1.29, 1.82) is 0 Å². The number of hydrogen-bond donors (Lipinski definition) is 1. The van der Waals surface area contributed by atoms with Crippen molar-refractivity contribution in [2.24, 2.45) is 0 Å². The SMILES string of the molecule is [CH2]C(=O)OCCC(=O)O. The third kappa shape index (κ3) is 6.94. The van der Waals surface area contributed by atoms with Crippen molar-refractivity contribution >= 4 is 11.9 Å². The van der Waals surface area contributed by atoms with Crippen molar-refractivity contribution in [3.8, 4) is 0 Å². The number of carboxylic acid groups (broad SMARTS) is 1. The predicted octanol–water partition coefficient (Wildman–Crippen LogP) is -0.162. The van der Waals surface area contributed by atoms with Crippen LogP contribution in [0.2, 0.25) is 0 Å². The van der Waals surface area contributed by atoms with Gasteiger partial charge in [0.05, 0.1) is 13.3 Å². The third-order valence-electron chi connectivity index (χ3n) is 0.579. The van der Waals surface area contributed by atoms with E-state index in [0.717, 1.165) is 0 Å². The van der Waals surface area contributed by atoms with E-state index >= 15 is 0 Å². The maximum Gasteiger partial charge on any atom is 0.306 e. The van der Waals surface area contributed by atoms with E-state index in [1.54, 1.807) is 0 Å². The Balaban J connectivity index is 3.10. The molecule has 0 spiro atoms. The molecule has 0 bridgehead atoms. The fourth-order valence-electron chi connectivity index (χ4n) is 0.252. The van der Waals surface area contributed by atoms with E-state index in [4.69, 9.17) is 5.11 Å². The molecule has 4 nitrogen and oxygen atoms in total. The van der Waals surface area contributed by atoms with Crippen molar-refractivity contribution in [1.82, 2.24) is 0 Å². The van der Waals surface area contributed by atoms with Crippen LogP contribution in [0.5, 0.6) is 0 Å². The van der Waals surface area contributed by atoms with Gasteiger partial charge >= 0.3 is 11.9 Å². The highest BCUT2D eigenvalue weighted by Crippen LogP contribution is 1.81. The quantitative estimate of drug-likeness (QED) is 0.540. The summed E-state index contributed by atoms with van der Waals surface area (Å²) in [5.74, 6) is -1.69. The summed E-state index contributed by atoms with van der Waals surface area (Å²) in [6.07, 6.45) is -0.165. The van der Waals surface area contributed by atoms with Crippen LogP contribution >= 0.6 is 0 Å². The van der Waals surface area contributed by atoms with Crippen LogP contribution in [0.15, 0.2) is 0 Å². The first-order chi connectivity index (χ1) is 4.13. The number of rotatable bonds is 3. The van der Waals surface area contributed by atoms with Crippen LogP contribution in [0.25, 0.3) is 0 Å². The zero-order valence-corrected chi connectivity index (χ0v) is 4.79. The van der Waals surface area contributed by atoms with Gasteiger partial charge in [-0.3, -0.25) is 9.59 Å². The van der Waals surface area contributed by atoms with Crippen molar-refractivity contribution in [3.05, 3.63) is 6.92 Å². The van der Waals surface area contributed by atoms with Crippen LogP contribution < -0.4 is 0 Å². The van der Waals surface area contributed by atoms with E-state index in [9.17, 15) is 9.59 Å². The Morgan fingerprint density at radius 3 is 2.44 bits per heavy atom. The molecule has 1 N–H and O–H groups in total. The van der Waals surface area contributed by atoms with E-state index < -0.39 is 11.9 Å². The first kappa shape index (κ1) is 7.94. The summed E-state index contributed by atoms with van der Waals surface area (Å²) in [6.45, 7) is 2.78. The van der Waals surface area contributed by atoms with E-state index in [-0.39, 0.29) is 13.0 Å². The Morgan fingerprint density at radius 2 is 2.11 bits per heavy atom. The smallest absolute Gasteiger partial charge is 0.306 e. The number of carbonyl (C=O) groups excluding carboxylic acids is 1. The molecule has 0 saturated heterocycles. The number of aliphatic carboxylic acids is 1. The first-order valence-electron chi connectivity index (χ1n) is 2.33. The number of carboxylic acids is 1. The summed E-state index contributed by atoms with van der Waals surface area (Å²) in [6, 6.07) is 0. The van der Waals surface area contributed by atoms with Gasteiger partial charge in [0.1, 0.15) is 6.61 Å². The van der Waals surface area contributed by atoms with Crippen molar-refractivity contribution < 1.29 is 19.4 Å². The van der Waals surface area contributed by atoms with Crippen LogP contribution in [0.4, 0.5) is 0 Å². The molecule has 0 unspecified atom stereocenters. The topological polar surface area (TPSA) is 63.6 Å². The number of hydrogen-bond acceptors (Lipinski definition) is 3. The second kappa shape index (κ2) is 3.88. The van der Waals surface area contributed by atoms with Gasteiger partial charge < -0.3 is 9.84 Å². The van der Waals surface area contributed by atoms with Crippen molar-refractivity contribution in [3.63, 3.8) is 0 Å². The highest BCUT2D eigenvalue weighted by atomic mass is 16.5. The second-order valence-electron chi connectivity index (χ2n) is 1.36. The van der Waals surface area contributed by atoms with Gasteiger partial charge in [0, 0.05) is 0 Å². The molecule has 0 aromatic carbocycles. The van der Waals surface area contributed by atoms with Gasteiger partial charge in [0.25, 0.3) is 0 Å². The Kier molecular flexibility index (Phi) is 3.43. The molecule has 51 valence electrons. The van der Waals surface area contributed by atoms with E-state index in [1.165, 1.54) is 0 Å². The van der Waals surface area contributed by atoms with Gasteiger partial charge in [-0.05, 0) is 0 Å². The van der Waals surface area contributed by atoms with Crippen molar-refractivity contribution in [2.75, 3.05) is 6.61 Å². The Hall–Kier alpha value is -1.06. The summed E-state index contributed by atoms with van der Waals surface area (Å²) in [4.78, 5) is 19.7. The molecule has 0 aliphatic carbocycles. The summed E-state index contributed by atoms with van der Waals surface area (Å²) in [7, 11) is 0. The van der Waals surface area contributed by atoms with Gasteiger partial charge in [-0.25, -0.2) is 0 Å². The normalized spacial score (nSPS) is 8.56. The van der Waals surface area contributed by atoms with E-state index in [1.807, 2.05) is 0 Å². The molecule has 0 aromatic heterocycles. The zero-order chi connectivity index (χ0) is 7.28. The Morgan fingerprint density at radius 1 is 1.56 bits per heavy atom. The molecule has 0 heterocycles. The molecule has 1 radical (unpaired) electrons. The fourth-order valence-corrected chi connectivity index (χ4v) is 0.252. The summed E-state index contributed by atoms with van der Waals surface area (Å²) in [5, 5.41) is 8.01. The summed E-state index contributed by atoms with van der Waals surface area (Å²) in [5.41, 5.74) is 0. The highest BCUT2D eigenvalue weighted by Gasteiger charge is 1.97. The van der Waals surface area contributed by atoms with Gasteiger partial charge in [-0.2, -0.15) is 0 Å². The van der Waals surface area contributed by atoms with Crippen LogP contribution in [0.1, 0.15) is 6.42 Å². The summed E-state index contributed by atoms with van der Waals surface area (Å²) >= 11 is 0. The zero-order valence-electron chi connectivity index (χ0n) is 4.79. The highest BCUT2D eigenvalue weighted by molar-refractivity contribution is 5.74.